The van der Waals surface area contributed by atoms with E-state index in [0.717, 1.165) is 36.2 Å². The maximum absolute atomic E-state index is 13.2. The lowest BCUT2D eigenvalue weighted by molar-refractivity contribution is -0.142. The second-order valence-electron chi connectivity index (χ2n) is 9.30. The first kappa shape index (κ1) is 28.5. The van der Waals surface area contributed by atoms with Gasteiger partial charge in [-0.2, -0.15) is 0 Å². The molecule has 0 aliphatic carbocycles. The van der Waals surface area contributed by atoms with Crippen molar-refractivity contribution in [2.24, 2.45) is 0 Å². The predicted molar refractivity (Wildman–Crippen MR) is 151 cm³/mol. The molecule has 1 aromatic heterocycles. The van der Waals surface area contributed by atoms with Gasteiger partial charge in [-0.25, -0.2) is 4.39 Å². The summed E-state index contributed by atoms with van der Waals surface area (Å²) < 4.78 is 23.8. The van der Waals surface area contributed by atoms with Crippen LogP contribution in [0.3, 0.4) is 0 Å². The summed E-state index contributed by atoms with van der Waals surface area (Å²) >= 11 is 0. The van der Waals surface area contributed by atoms with Crippen LogP contribution in [0, 0.1) is 5.82 Å². The second-order valence-corrected chi connectivity index (χ2v) is 9.30. The van der Waals surface area contributed by atoms with Gasteiger partial charge >= 0.3 is 5.97 Å². The Hall–Kier alpha value is -4.53. The summed E-state index contributed by atoms with van der Waals surface area (Å²) in [5.74, 6) is 0.122. The Morgan fingerprint density at radius 1 is 0.900 bits per heavy atom. The van der Waals surface area contributed by atoms with Gasteiger partial charge in [0.15, 0.2) is 0 Å². The summed E-state index contributed by atoms with van der Waals surface area (Å²) in [6.45, 7) is 5.20. The van der Waals surface area contributed by atoms with Crippen LogP contribution in [0.1, 0.15) is 54.9 Å². The second kappa shape index (κ2) is 14.0. The van der Waals surface area contributed by atoms with E-state index in [4.69, 9.17) is 9.15 Å². The number of nitrogens with one attached hydrogen (secondary N) is 2. The number of carbonyl (C=O) groups excluding carboxylic acids is 2. The summed E-state index contributed by atoms with van der Waals surface area (Å²) in [4.78, 5) is 23.9. The van der Waals surface area contributed by atoms with Crippen molar-refractivity contribution in [2.75, 3.05) is 25.0 Å². The minimum absolute atomic E-state index is 0.148. The summed E-state index contributed by atoms with van der Waals surface area (Å²) in [5, 5.41) is 14.5. The lowest BCUT2D eigenvalue weighted by atomic mass is 9.93. The van der Waals surface area contributed by atoms with Crippen LogP contribution in [0.5, 0.6) is 0 Å². The molecule has 8 nitrogen and oxygen atoms in total. The number of halogens is 1. The lowest BCUT2D eigenvalue weighted by Crippen LogP contribution is -2.26. The number of nitrogens with zero attached hydrogens (tertiary/aromatic N) is 2. The Balaban J connectivity index is 1.32. The van der Waals surface area contributed by atoms with E-state index in [1.54, 1.807) is 19.1 Å². The maximum Gasteiger partial charge on any atom is 0.307 e. The van der Waals surface area contributed by atoms with Crippen LogP contribution in [-0.4, -0.2) is 41.8 Å². The molecular formula is C31H33FN4O4. The predicted octanol–water partition coefficient (Wildman–Crippen LogP) is 6.22. The van der Waals surface area contributed by atoms with E-state index in [1.807, 2.05) is 48.5 Å². The van der Waals surface area contributed by atoms with Crippen molar-refractivity contribution in [2.45, 2.75) is 39.0 Å². The monoisotopic (exact) mass is 544 g/mol. The minimum atomic E-state index is -0.326. The molecule has 0 fully saturated rings. The van der Waals surface area contributed by atoms with Crippen molar-refractivity contribution in [3.8, 4) is 22.9 Å². The first-order chi connectivity index (χ1) is 19.5. The molecule has 0 aliphatic rings. The number of ether oxygens (including phenoxy) is 1. The fraction of sp³-hybridized carbons (Fsp3) is 0.290. The highest BCUT2D eigenvalue weighted by atomic mass is 19.1. The number of aromatic nitrogens is 2. The smallest absolute Gasteiger partial charge is 0.307 e. The fourth-order valence-corrected chi connectivity index (χ4v) is 4.28. The van der Waals surface area contributed by atoms with Crippen LogP contribution < -0.4 is 10.6 Å². The van der Waals surface area contributed by atoms with Gasteiger partial charge in [-0.3, -0.25) is 9.59 Å². The zero-order valence-corrected chi connectivity index (χ0v) is 22.7. The molecule has 0 aliphatic heterocycles. The van der Waals surface area contributed by atoms with Crippen LogP contribution in [0.25, 0.3) is 22.9 Å². The molecule has 1 atom stereocenters. The van der Waals surface area contributed by atoms with E-state index in [-0.39, 0.29) is 36.6 Å². The van der Waals surface area contributed by atoms with Crippen molar-refractivity contribution in [3.63, 3.8) is 0 Å². The van der Waals surface area contributed by atoms with Gasteiger partial charge in [0.25, 0.3) is 5.91 Å². The van der Waals surface area contributed by atoms with Crippen LogP contribution in [-0.2, 0) is 9.53 Å². The lowest BCUT2D eigenvalue weighted by Gasteiger charge is -2.19. The SMILES string of the molecule is CCCC(CNc1ccc(-c2nnc(-c3ccc(F)cc3)o2)cc1)c1ccc(C(=O)NCCC(=O)OCC)cc1. The van der Waals surface area contributed by atoms with Gasteiger partial charge in [-0.15, -0.1) is 10.2 Å². The summed E-state index contributed by atoms with van der Waals surface area (Å²) in [5.41, 5.74) is 4.10. The molecular weight excluding hydrogens is 511 g/mol. The van der Waals surface area contributed by atoms with Crippen molar-refractivity contribution in [1.82, 2.24) is 15.5 Å². The Kier molecular flexibility index (Phi) is 9.99. The fourth-order valence-electron chi connectivity index (χ4n) is 4.28. The van der Waals surface area contributed by atoms with E-state index in [2.05, 4.69) is 27.8 Å². The molecule has 0 radical (unpaired) electrons. The standard InChI is InChI=1S/C31H33FN4O4/c1-3-5-25(21-6-8-22(9-7-21)29(38)33-19-18-28(37)39-4-2)20-34-27-16-12-24(13-17-27)31-36-35-30(40-31)23-10-14-26(32)15-11-23/h6-17,25,34H,3-5,18-20H2,1-2H3,(H,33,38). The average Bonchev–Trinajstić information content (AvgIpc) is 3.46. The summed E-state index contributed by atoms with van der Waals surface area (Å²) in [7, 11) is 0. The quantitative estimate of drug-likeness (QED) is 0.192. The molecule has 208 valence electrons. The number of hydrogen-bond donors (Lipinski definition) is 2. The molecule has 4 aromatic rings. The number of hydrogen-bond acceptors (Lipinski definition) is 7. The molecule has 1 heterocycles. The van der Waals surface area contributed by atoms with E-state index in [0.29, 0.717) is 29.5 Å². The van der Waals surface area contributed by atoms with Crippen molar-refractivity contribution < 1.29 is 23.1 Å². The number of anilines is 1. The van der Waals surface area contributed by atoms with Gasteiger partial charge in [-0.05, 0) is 79.6 Å². The third kappa shape index (κ3) is 7.75. The van der Waals surface area contributed by atoms with Gasteiger partial charge in [0, 0.05) is 41.4 Å². The third-order valence-corrected chi connectivity index (χ3v) is 6.40. The van der Waals surface area contributed by atoms with E-state index < -0.39 is 0 Å². The topological polar surface area (TPSA) is 106 Å². The van der Waals surface area contributed by atoms with Gasteiger partial charge in [0.05, 0.1) is 13.0 Å². The van der Waals surface area contributed by atoms with Crippen LogP contribution in [0.15, 0.2) is 77.2 Å². The number of esters is 1. The summed E-state index contributed by atoms with van der Waals surface area (Å²) in [6.07, 6.45) is 2.16. The molecule has 1 amide bonds. The zero-order valence-electron chi connectivity index (χ0n) is 22.7. The van der Waals surface area contributed by atoms with Crippen molar-refractivity contribution >= 4 is 17.6 Å². The number of rotatable bonds is 13. The number of benzene rings is 3. The van der Waals surface area contributed by atoms with E-state index in [1.165, 1.54) is 12.1 Å². The maximum atomic E-state index is 13.2. The Morgan fingerprint density at radius 2 is 1.52 bits per heavy atom. The third-order valence-electron chi connectivity index (χ3n) is 6.40. The highest BCUT2D eigenvalue weighted by molar-refractivity contribution is 5.94. The van der Waals surface area contributed by atoms with Crippen molar-refractivity contribution in [1.29, 1.82) is 0 Å². The van der Waals surface area contributed by atoms with Crippen LogP contribution in [0.4, 0.5) is 10.1 Å². The zero-order chi connectivity index (χ0) is 28.3. The Morgan fingerprint density at radius 3 is 2.12 bits per heavy atom. The molecule has 0 saturated heterocycles. The number of amides is 1. The van der Waals surface area contributed by atoms with Gasteiger partial charge in [0.1, 0.15) is 5.82 Å². The molecule has 1 unspecified atom stereocenters. The average molecular weight is 545 g/mol. The van der Waals surface area contributed by atoms with Gasteiger partial charge in [-0.1, -0.05) is 25.5 Å². The molecule has 2 N–H and O–H groups in total. The van der Waals surface area contributed by atoms with Gasteiger partial charge < -0.3 is 19.8 Å². The molecule has 4 rings (SSSR count). The van der Waals surface area contributed by atoms with Crippen LogP contribution >= 0.6 is 0 Å². The largest absolute Gasteiger partial charge is 0.466 e. The molecule has 9 heteroatoms. The molecule has 40 heavy (non-hydrogen) atoms. The van der Waals surface area contributed by atoms with E-state index >= 15 is 0 Å². The van der Waals surface area contributed by atoms with E-state index in [9.17, 15) is 14.0 Å². The Bertz CT molecular complexity index is 1390. The molecule has 0 bridgehead atoms. The first-order valence-corrected chi connectivity index (χ1v) is 13.4. The highest BCUT2D eigenvalue weighted by Crippen LogP contribution is 2.26. The van der Waals surface area contributed by atoms with Crippen LogP contribution in [0.2, 0.25) is 0 Å². The highest BCUT2D eigenvalue weighted by Gasteiger charge is 2.14. The number of carbonyl (C=O) groups is 2. The first-order valence-electron chi connectivity index (χ1n) is 13.4. The summed E-state index contributed by atoms with van der Waals surface area (Å²) in [6, 6.07) is 21.3. The molecule has 0 spiro atoms. The normalized spacial score (nSPS) is 11.6. The van der Waals surface area contributed by atoms with Crippen molar-refractivity contribution in [3.05, 3.63) is 89.7 Å². The molecule has 3 aromatic carbocycles. The Labute approximate surface area is 233 Å². The minimum Gasteiger partial charge on any atom is -0.466 e. The molecule has 0 saturated carbocycles. The van der Waals surface area contributed by atoms with Gasteiger partial charge in [0.2, 0.25) is 11.8 Å².